The molecule has 1 aromatic carbocycles. The van der Waals surface area contributed by atoms with Gasteiger partial charge in [-0.3, -0.25) is 0 Å². The first kappa shape index (κ1) is 19.2. The van der Waals surface area contributed by atoms with E-state index in [0.29, 0.717) is 6.04 Å². The quantitative estimate of drug-likeness (QED) is 0.495. The van der Waals surface area contributed by atoms with Crippen LogP contribution in [0.3, 0.4) is 0 Å². The van der Waals surface area contributed by atoms with E-state index in [1.807, 2.05) is 0 Å². The molecule has 1 heterocycles. The van der Waals surface area contributed by atoms with Gasteiger partial charge in [-0.1, -0.05) is 82.2 Å². The van der Waals surface area contributed by atoms with E-state index in [0.717, 1.165) is 24.0 Å². The molecule has 3 rings (SSSR count). The summed E-state index contributed by atoms with van der Waals surface area (Å²) in [6, 6.07) is 10.8. The molecule has 1 aliphatic rings. The zero-order valence-electron chi connectivity index (χ0n) is 16.3. The number of rotatable bonds is 10. The van der Waals surface area contributed by atoms with Crippen LogP contribution in [-0.2, 0) is 0 Å². The molecule has 1 atom stereocenters. The van der Waals surface area contributed by atoms with E-state index in [-0.39, 0.29) is 0 Å². The molecule has 0 spiro atoms. The number of unbranched alkanes of at least 4 members (excludes halogenated alkanes) is 3. The van der Waals surface area contributed by atoms with Crippen molar-refractivity contribution in [3.05, 3.63) is 42.4 Å². The highest BCUT2D eigenvalue weighted by atomic mass is 15.0. The number of aromatic amines is 1. The fourth-order valence-corrected chi connectivity index (χ4v) is 4.08. The average molecular weight is 354 g/mol. The van der Waals surface area contributed by atoms with Crippen LogP contribution in [0.5, 0.6) is 0 Å². The van der Waals surface area contributed by atoms with Gasteiger partial charge in [-0.2, -0.15) is 0 Å². The second-order valence-electron chi connectivity index (χ2n) is 7.85. The number of hydrogen-bond acceptors (Lipinski definition) is 2. The third kappa shape index (κ3) is 5.70. The summed E-state index contributed by atoms with van der Waals surface area (Å²) in [4.78, 5) is 8.38. The lowest BCUT2D eigenvalue weighted by Gasteiger charge is -2.25. The number of imidazole rings is 1. The Morgan fingerprint density at radius 1 is 1.08 bits per heavy atom. The highest BCUT2D eigenvalue weighted by Crippen LogP contribution is 2.26. The molecule has 1 fully saturated rings. The van der Waals surface area contributed by atoms with Crippen molar-refractivity contribution in [1.29, 1.82) is 0 Å². The van der Waals surface area contributed by atoms with Crippen molar-refractivity contribution in [2.75, 3.05) is 6.54 Å². The first-order chi connectivity index (χ1) is 12.9. The lowest BCUT2D eigenvalue weighted by atomic mass is 9.89. The maximum atomic E-state index is 4.93. The van der Waals surface area contributed by atoms with E-state index in [4.69, 9.17) is 4.98 Å². The van der Waals surface area contributed by atoms with Gasteiger partial charge in [0.05, 0.1) is 11.7 Å². The maximum Gasteiger partial charge on any atom is 0.124 e. The topological polar surface area (TPSA) is 40.7 Å². The van der Waals surface area contributed by atoms with Crippen LogP contribution in [0.25, 0.3) is 11.3 Å². The third-order valence-corrected chi connectivity index (χ3v) is 5.72. The molecule has 1 aliphatic carbocycles. The number of nitrogens with zero attached hydrogens (tertiary/aromatic N) is 1. The van der Waals surface area contributed by atoms with Gasteiger partial charge in [0.1, 0.15) is 5.82 Å². The SMILES string of the molecule is CCCCCC[C@@H](NCC1CCCCC1)c1nc(-c2ccccc2)c[nH]1. The van der Waals surface area contributed by atoms with Crippen LogP contribution in [0.15, 0.2) is 36.5 Å². The molecule has 3 heteroatoms. The Morgan fingerprint density at radius 2 is 1.88 bits per heavy atom. The number of benzene rings is 1. The van der Waals surface area contributed by atoms with Crippen LogP contribution in [0, 0.1) is 5.92 Å². The number of aromatic nitrogens is 2. The Kier molecular flexibility index (Phi) is 7.75. The van der Waals surface area contributed by atoms with E-state index < -0.39 is 0 Å². The minimum Gasteiger partial charge on any atom is -0.347 e. The lowest BCUT2D eigenvalue weighted by molar-refractivity contribution is 0.318. The minimum atomic E-state index is 0.353. The largest absolute Gasteiger partial charge is 0.347 e. The molecule has 26 heavy (non-hydrogen) atoms. The summed E-state index contributed by atoms with van der Waals surface area (Å²) >= 11 is 0. The second-order valence-corrected chi connectivity index (χ2v) is 7.85. The Hall–Kier alpha value is -1.61. The van der Waals surface area contributed by atoms with Gasteiger partial charge in [-0.15, -0.1) is 0 Å². The highest BCUT2D eigenvalue weighted by molar-refractivity contribution is 5.58. The summed E-state index contributed by atoms with van der Waals surface area (Å²) in [6.07, 6.45) is 15.5. The van der Waals surface area contributed by atoms with E-state index in [2.05, 4.69) is 53.8 Å². The van der Waals surface area contributed by atoms with Crippen LogP contribution in [0.1, 0.15) is 83.0 Å². The van der Waals surface area contributed by atoms with Crippen molar-refractivity contribution in [3.63, 3.8) is 0 Å². The van der Waals surface area contributed by atoms with Gasteiger partial charge in [-0.05, 0) is 31.7 Å². The summed E-state index contributed by atoms with van der Waals surface area (Å²) in [6.45, 7) is 3.41. The summed E-state index contributed by atoms with van der Waals surface area (Å²) in [7, 11) is 0. The summed E-state index contributed by atoms with van der Waals surface area (Å²) in [5.74, 6) is 1.96. The van der Waals surface area contributed by atoms with E-state index >= 15 is 0 Å². The summed E-state index contributed by atoms with van der Waals surface area (Å²) < 4.78 is 0. The smallest absolute Gasteiger partial charge is 0.124 e. The van der Waals surface area contributed by atoms with Crippen LogP contribution in [-0.4, -0.2) is 16.5 Å². The van der Waals surface area contributed by atoms with Crippen LogP contribution < -0.4 is 5.32 Å². The number of hydrogen-bond donors (Lipinski definition) is 2. The molecule has 0 aliphatic heterocycles. The van der Waals surface area contributed by atoms with Gasteiger partial charge in [0.2, 0.25) is 0 Å². The molecule has 2 N–H and O–H groups in total. The number of H-pyrrole nitrogens is 1. The van der Waals surface area contributed by atoms with Gasteiger partial charge in [0.15, 0.2) is 0 Å². The third-order valence-electron chi connectivity index (χ3n) is 5.72. The average Bonchev–Trinajstić information content (AvgIpc) is 3.19. The zero-order valence-corrected chi connectivity index (χ0v) is 16.3. The minimum absolute atomic E-state index is 0.353. The zero-order chi connectivity index (χ0) is 18.0. The molecule has 3 nitrogen and oxygen atoms in total. The van der Waals surface area contributed by atoms with E-state index in [9.17, 15) is 0 Å². The fourth-order valence-electron chi connectivity index (χ4n) is 4.08. The molecular weight excluding hydrogens is 318 g/mol. The standard InChI is InChI=1S/C23H35N3/c1-2-3-4-11-16-21(24-17-19-12-7-5-8-13-19)23-25-18-22(26-23)20-14-9-6-10-15-20/h6,9-10,14-15,18-19,21,24H,2-5,7-8,11-13,16-17H2,1H3,(H,25,26)/t21-/m1/s1. The first-order valence-corrected chi connectivity index (χ1v) is 10.7. The van der Waals surface area contributed by atoms with Crippen LogP contribution in [0.2, 0.25) is 0 Å². The van der Waals surface area contributed by atoms with Gasteiger partial charge < -0.3 is 10.3 Å². The van der Waals surface area contributed by atoms with Gasteiger partial charge in [-0.25, -0.2) is 4.98 Å². The van der Waals surface area contributed by atoms with Crippen molar-refractivity contribution in [2.45, 2.75) is 77.2 Å². The molecule has 0 radical (unpaired) electrons. The molecule has 0 saturated heterocycles. The van der Waals surface area contributed by atoms with Crippen molar-refractivity contribution in [2.24, 2.45) is 5.92 Å². The van der Waals surface area contributed by atoms with Crippen molar-refractivity contribution < 1.29 is 0 Å². The number of nitrogens with one attached hydrogen (secondary N) is 2. The van der Waals surface area contributed by atoms with Crippen LogP contribution >= 0.6 is 0 Å². The first-order valence-electron chi connectivity index (χ1n) is 10.7. The Bertz CT molecular complexity index is 613. The highest BCUT2D eigenvalue weighted by Gasteiger charge is 2.19. The van der Waals surface area contributed by atoms with Gasteiger partial charge in [0.25, 0.3) is 0 Å². The maximum absolute atomic E-state index is 4.93. The molecule has 1 aromatic heterocycles. The van der Waals surface area contributed by atoms with Crippen LogP contribution in [0.4, 0.5) is 0 Å². The summed E-state index contributed by atoms with van der Waals surface area (Å²) in [5, 5.41) is 3.85. The molecular formula is C23H35N3. The van der Waals surface area contributed by atoms with E-state index in [1.165, 1.54) is 69.8 Å². The second kappa shape index (κ2) is 10.5. The van der Waals surface area contributed by atoms with Crippen molar-refractivity contribution >= 4 is 0 Å². The monoisotopic (exact) mass is 353 g/mol. The van der Waals surface area contributed by atoms with Gasteiger partial charge >= 0.3 is 0 Å². The Morgan fingerprint density at radius 3 is 2.65 bits per heavy atom. The Balaban J connectivity index is 1.62. The molecule has 0 bridgehead atoms. The summed E-state index contributed by atoms with van der Waals surface area (Å²) in [5.41, 5.74) is 2.24. The van der Waals surface area contributed by atoms with E-state index in [1.54, 1.807) is 0 Å². The predicted molar refractivity (Wildman–Crippen MR) is 110 cm³/mol. The predicted octanol–water partition coefficient (Wildman–Crippen LogP) is 6.26. The molecule has 0 unspecified atom stereocenters. The molecule has 1 saturated carbocycles. The Labute approximate surface area is 159 Å². The fraction of sp³-hybridized carbons (Fsp3) is 0.609. The normalized spacial score (nSPS) is 16.7. The molecule has 0 amide bonds. The molecule has 142 valence electrons. The van der Waals surface area contributed by atoms with Crippen molar-refractivity contribution in [1.82, 2.24) is 15.3 Å². The lowest BCUT2D eigenvalue weighted by Crippen LogP contribution is -2.29. The van der Waals surface area contributed by atoms with Crippen molar-refractivity contribution in [3.8, 4) is 11.3 Å². The van der Waals surface area contributed by atoms with Gasteiger partial charge in [0, 0.05) is 11.8 Å². The molecule has 2 aromatic rings.